The summed E-state index contributed by atoms with van der Waals surface area (Å²) in [6.45, 7) is 3.39. The number of benzene rings is 2. The van der Waals surface area contributed by atoms with Crippen LogP contribution in [0.2, 0.25) is 0 Å². The maximum atomic E-state index is 14.0. The Labute approximate surface area is 205 Å². The predicted octanol–water partition coefficient (Wildman–Crippen LogP) is 5.03. The van der Waals surface area contributed by atoms with Gasteiger partial charge in [-0.25, -0.2) is 18.4 Å². The molecule has 7 nitrogen and oxygen atoms in total. The van der Waals surface area contributed by atoms with Gasteiger partial charge in [-0.1, -0.05) is 12.1 Å². The Morgan fingerprint density at radius 3 is 2.56 bits per heavy atom. The lowest BCUT2D eigenvalue weighted by Gasteiger charge is -2.12. The molecule has 0 radical (unpaired) electrons. The summed E-state index contributed by atoms with van der Waals surface area (Å²) >= 11 is 0. The molecule has 0 bridgehead atoms. The van der Waals surface area contributed by atoms with Gasteiger partial charge in [0.15, 0.2) is 11.4 Å². The largest absolute Gasteiger partial charge is 0.494 e. The molecule has 0 aliphatic heterocycles. The van der Waals surface area contributed by atoms with Crippen LogP contribution in [0.25, 0.3) is 22.6 Å². The van der Waals surface area contributed by atoms with Crippen molar-refractivity contribution in [3.8, 4) is 28.4 Å². The van der Waals surface area contributed by atoms with Crippen molar-refractivity contribution in [3.05, 3.63) is 106 Å². The highest BCUT2D eigenvalue weighted by atomic mass is 19.1. The van der Waals surface area contributed by atoms with Crippen LogP contribution in [0.1, 0.15) is 17.0 Å². The summed E-state index contributed by atoms with van der Waals surface area (Å²) in [6, 6.07) is 15.7. The average molecular weight is 488 g/mol. The molecule has 3 heterocycles. The number of fused-ring (bicyclic) bond motifs is 1. The van der Waals surface area contributed by atoms with E-state index in [9.17, 15) is 13.6 Å². The molecule has 0 aliphatic carbocycles. The van der Waals surface area contributed by atoms with E-state index < -0.39 is 11.6 Å². The molecular formula is C27H22F2N4O3. The van der Waals surface area contributed by atoms with Crippen molar-refractivity contribution < 1.29 is 18.3 Å². The number of ether oxygens (including phenoxy) is 2. The normalized spacial score (nSPS) is 11.1. The Morgan fingerprint density at radius 2 is 1.75 bits per heavy atom. The fraction of sp³-hybridized carbons (Fsp3) is 0.148. The Hall–Kier alpha value is -4.53. The smallest absolute Gasteiger partial charge is 0.267 e. The van der Waals surface area contributed by atoms with E-state index in [4.69, 9.17) is 9.47 Å². The quantitative estimate of drug-likeness (QED) is 0.335. The first-order valence-corrected chi connectivity index (χ1v) is 11.2. The summed E-state index contributed by atoms with van der Waals surface area (Å²) in [7, 11) is 1.59. The van der Waals surface area contributed by atoms with Gasteiger partial charge < -0.3 is 9.47 Å². The minimum absolute atomic E-state index is 0.0602. The van der Waals surface area contributed by atoms with E-state index >= 15 is 0 Å². The Morgan fingerprint density at radius 1 is 0.972 bits per heavy atom. The van der Waals surface area contributed by atoms with Gasteiger partial charge in [0.1, 0.15) is 35.4 Å². The van der Waals surface area contributed by atoms with Crippen LogP contribution in [-0.2, 0) is 6.61 Å². The molecule has 0 fully saturated rings. The first-order chi connectivity index (χ1) is 17.4. The molecule has 0 spiro atoms. The molecule has 9 heteroatoms. The molecule has 0 saturated carbocycles. The zero-order valence-electron chi connectivity index (χ0n) is 19.8. The van der Waals surface area contributed by atoms with Crippen LogP contribution < -0.4 is 15.0 Å². The summed E-state index contributed by atoms with van der Waals surface area (Å²) in [6.07, 6.45) is 1.58. The zero-order valence-corrected chi connectivity index (χ0v) is 19.8. The van der Waals surface area contributed by atoms with Crippen molar-refractivity contribution in [2.75, 3.05) is 7.11 Å². The van der Waals surface area contributed by atoms with Crippen LogP contribution in [0.15, 0.2) is 71.7 Å². The van der Waals surface area contributed by atoms with Crippen molar-refractivity contribution in [2.24, 2.45) is 0 Å². The van der Waals surface area contributed by atoms with Gasteiger partial charge >= 0.3 is 0 Å². The summed E-state index contributed by atoms with van der Waals surface area (Å²) < 4.78 is 41.8. The third-order valence-corrected chi connectivity index (χ3v) is 5.85. The molecule has 182 valence electrons. The fourth-order valence-corrected chi connectivity index (χ4v) is 4.11. The van der Waals surface area contributed by atoms with E-state index in [2.05, 4.69) is 10.1 Å². The molecule has 2 aromatic carbocycles. The number of methoxy groups -OCH3 is 1. The van der Waals surface area contributed by atoms with Crippen LogP contribution in [0.5, 0.6) is 11.5 Å². The number of para-hydroxylation sites is 2. The molecule has 5 rings (SSSR count). The van der Waals surface area contributed by atoms with Gasteiger partial charge in [0.2, 0.25) is 0 Å². The standard InChI is InChI=1S/C27H22F2N4O3/c1-16-13-21(31-33(16)22-7-4-5-8-23(22)35-3)25-17(2)30-26-24(9-6-12-32(26)27(25)34)36-15-18-14-19(28)10-11-20(18)29/h4-14H,15H2,1-3H3. The second kappa shape index (κ2) is 9.26. The number of hydrogen-bond donors (Lipinski definition) is 0. The highest BCUT2D eigenvalue weighted by Gasteiger charge is 2.19. The number of pyridine rings is 1. The molecular weight excluding hydrogens is 466 g/mol. The molecule has 36 heavy (non-hydrogen) atoms. The third kappa shape index (κ3) is 4.08. The molecule has 3 aromatic heterocycles. The van der Waals surface area contributed by atoms with Gasteiger partial charge in [0.25, 0.3) is 5.56 Å². The molecule has 0 aliphatic rings. The molecule has 0 N–H and O–H groups in total. The highest BCUT2D eigenvalue weighted by molar-refractivity contribution is 5.66. The average Bonchev–Trinajstić information content (AvgIpc) is 3.25. The Balaban J connectivity index is 1.56. The van der Waals surface area contributed by atoms with Crippen LogP contribution in [-0.4, -0.2) is 26.3 Å². The van der Waals surface area contributed by atoms with E-state index in [1.807, 2.05) is 37.3 Å². The van der Waals surface area contributed by atoms with E-state index in [1.165, 1.54) is 4.40 Å². The molecule has 0 saturated heterocycles. The number of halogens is 2. The minimum Gasteiger partial charge on any atom is -0.494 e. The highest BCUT2D eigenvalue weighted by Crippen LogP contribution is 2.27. The number of aromatic nitrogens is 4. The zero-order chi connectivity index (χ0) is 25.4. The molecule has 0 amide bonds. The lowest BCUT2D eigenvalue weighted by molar-refractivity contribution is 0.300. The Bertz CT molecular complexity index is 1660. The lowest BCUT2D eigenvalue weighted by Crippen LogP contribution is -2.19. The summed E-state index contributed by atoms with van der Waals surface area (Å²) in [5.74, 6) is -0.229. The van der Waals surface area contributed by atoms with Gasteiger partial charge in [0.05, 0.1) is 18.4 Å². The third-order valence-electron chi connectivity index (χ3n) is 5.85. The minimum atomic E-state index is -0.582. The van der Waals surface area contributed by atoms with Crippen molar-refractivity contribution in [1.82, 2.24) is 19.2 Å². The number of rotatable bonds is 6. The van der Waals surface area contributed by atoms with Crippen LogP contribution in [0.3, 0.4) is 0 Å². The summed E-state index contributed by atoms with van der Waals surface area (Å²) in [5, 5.41) is 4.68. The van der Waals surface area contributed by atoms with E-state index in [1.54, 1.807) is 37.0 Å². The van der Waals surface area contributed by atoms with E-state index in [0.29, 0.717) is 22.7 Å². The monoisotopic (exact) mass is 488 g/mol. The van der Waals surface area contributed by atoms with Crippen molar-refractivity contribution in [1.29, 1.82) is 0 Å². The van der Waals surface area contributed by atoms with Gasteiger partial charge in [-0.2, -0.15) is 5.10 Å². The summed E-state index contributed by atoms with van der Waals surface area (Å²) in [5.41, 5.74) is 2.82. The van der Waals surface area contributed by atoms with Gasteiger partial charge in [0, 0.05) is 17.5 Å². The topological polar surface area (TPSA) is 70.7 Å². The predicted molar refractivity (Wildman–Crippen MR) is 131 cm³/mol. The van der Waals surface area contributed by atoms with Gasteiger partial charge in [-0.3, -0.25) is 9.20 Å². The van der Waals surface area contributed by atoms with E-state index in [0.717, 1.165) is 29.6 Å². The number of hydrogen-bond acceptors (Lipinski definition) is 5. The van der Waals surface area contributed by atoms with Crippen LogP contribution in [0, 0.1) is 25.5 Å². The van der Waals surface area contributed by atoms with Crippen molar-refractivity contribution in [3.63, 3.8) is 0 Å². The van der Waals surface area contributed by atoms with Crippen LogP contribution >= 0.6 is 0 Å². The fourth-order valence-electron chi connectivity index (χ4n) is 4.11. The van der Waals surface area contributed by atoms with Gasteiger partial charge in [-0.15, -0.1) is 0 Å². The molecule has 5 aromatic rings. The number of aryl methyl sites for hydroxylation is 2. The first-order valence-electron chi connectivity index (χ1n) is 11.2. The van der Waals surface area contributed by atoms with Gasteiger partial charge in [-0.05, 0) is 62.4 Å². The van der Waals surface area contributed by atoms with Crippen molar-refractivity contribution >= 4 is 5.65 Å². The number of nitrogens with zero attached hydrogens (tertiary/aromatic N) is 4. The molecule has 0 unspecified atom stereocenters. The first kappa shape index (κ1) is 23.2. The molecule has 0 atom stereocenters. The second-order valence-corrected chi connectivity index (χ2v) is 8.22. The summed E-state index contributed by atoms with van der Waals surface area (Å²) in [4.78, 5) is 18.1. The lowest BCUT2D eigenvalue weighted by atomic mass is 10.1. The maximum Gasteiger partial charge on any atom is 0.267 e. The Kier molecular flexibility index (Phi) is 5.97. The van der Waals surface area contributed by atoms with Crippen molar-refractivity contribution in [2.45, 2.75) is 20.5 Å². The SMILES string of the molecule is COc1ccccc1-n1nc(-c2c(C)nc3c(OCc4cc(F)ccc4F)cccn3c2=O)cc1C. The van der Waals surface area contributed by atoms with Crippen LogP contribution in [0.4, 0.5) is 8.78 Å². The van der Waals surface area contributed by atoms with E-state index in [-0.39, 0.29) is 29.1 Å². The maximum absolute atomic E-state index is 14.0. The second-order valence-electron chi connectivity index (χ2n) is 8.22.